The van der Waals surface area contributed by atoms with Gasteiger partial charge in [-0.1, -0.05) is 59.7 Å². The quantitative estimate of drug-likeness (QED) is 0.437. The van der Waals surface area contributed by atoms with E-state index in [2.05, 4.69) is 52.0 Å². The van der Waals surface area contributed by atoms with Gasteiger partial charge in [-0.2, -0.15) is 0 Å². The van der Waals surface area contributed by atoms with Gasteiger partial charge in [0, 0.05) is 11.0 Å². The van der Waals surface area contributed by atoms with Gasteiger partial charge in [0.2, 0.25) is 0 Å². The number of ether oxygens (including phenoxy) is 2. The minimum absolute atomic E-state index is 0.0433. The third-order valence-electron chi connectivity index (χ3n) is 6.58. The van der Waals surface area contributed by atoms with Crippen molar-refractivity contribution in [1.29, 1.82) is 0 Å². The molecule has 2 N–H and O–H groups in total. The van der Waals surface area contributed by atoms with Crippen LogP contribution in [0.2, 0.25) is 0 Å². The van der Waals surface area contributed by atoms with Crippen molar-refractivity contribution < 1.29 is 19.7 Å². The number of rotatable bonds is 11. The summed E-state index contributed by atoms with van der Waals surface area (Å²) in [6.45, 7) is 15.4. The molecule has 0 fully saturated rings. The summed E-state index contributed by atoms with van der Waals surface area (Å²) in [5, 5.41) is 20.3. The van der Waals surface area contributed by atoms with E-state index < -0.39 is 6.10 Å². The van der Waals surface area contributed by atoms with E-state index in [1.807, 2.05) is 32.9 Å². The van der Waals surface area contributed by atoms with Crippen molar-refractivity contribution in [3.05, 3.63) is 58.7 Å². The molecule has 4 heteroatoms. The molecule has 0 bridgehead atoms. The van der Waals surface area contributed by atoms with Gasteiger partial charge in [0.15, 0.2) is 0 Å². The summed E-state index contributed by atoms with van der Waals surface area (Å²) in [6, 6.07) is 12.6. The maximum absolute atomic E-state index is 10.3. The monoisotopic (exact) mass is 442 g/mol. The minimum atomic E-state index is -0.530. The first-order valence-corrected chi connectivity index (χ1v) is 11.9. The Morgan fingerprint density at radius 3 is 1.97 bits per heavy atom. The average molecular weight is 443 g/mol. The van der Waals surface area contributed by atoms with Gasteiger partial charge in [-0.25, -0.2) is 0 Å². The second-order valence-electron chi connectivity index (χ2n) is 9.79. The SMILES string of the molecule is CCCOc1ccc(C(CC)(CC)c2ccc(OCC(O)C(C)(C)C)c(C)c2)cc1CO. The lowest BCUT2D eigenvalue weighted by Gasteiger charge is -2.34. The second kappa shape index (κ2) is 11.2. The lowest BCUT2D eigenvalue weighted by molar-refractivity contribution is 0.0216. The number of aliphatic hydroxyl groups excluding tert-OH is 2. The van der Waals surface area contributed by atoms with E-state index in [4.69, 9.17) is 9.47 Å². The van der Waals surface area contributed by atoms with Gasteiger partial charge in [0.25, 0.3) is 0 Å². The highest BCUT2D eigenvalue weighted by molar-refractivity contribution is 5.48. The van der Waals surface area contributed by atoms with Crippen molar-refractivity contribution in [2.75, 3.05) is 13.2 Å². The van der Waals surface area contributed by atoms with Crippen LogP contribution in [0.3, 0.4) is 0 Å². The predicted octanol–water partition coefficient (Wildman–Crippen LogP) is 6.17. The maximum atomic E-state index is 10.3. The normalized spacial score (nSPS) is 13.2. The summed E-state index contributed by atoms with van der Waals surface area (Å²) in [5.41, 5.74) is 3.92. The third kappa shape index (κ3) is 5.85. The number of benzene rings is 2. The van der Waals surface area contributed by atoms with E-state index in [9.17, 15) is 10.2 Å². The van der Waals surface area contributed by atoms with Crippen molar-refractivity contribution in [2.24, 2.45) is 5.41 Å². The Balaban J connectivity index is 2.38. The molecule has 4 nitrogen and oxygen atoms in total. The fraction of sp³-hybridized carbons (Fsp3) is 0.571. The van der Waals surface area contributed by atoms with Crippen molar-refractivity contribution in [1.82, 2.24) is 0 Å². The fourth-order valence-corrected chi connectivity index (χ4v) is 4.11. The lowest BCUT2D eigenvalue weighted by atomic mass is 9.70. The van der Waals surface area contributed by atoms with E-state index in [1.165, 1.54) is 11.1 Å². The van der Waals surface area contributed by atoms with Gasteiger partial charge in [0.1, 0.15) is 18.1 Å². The van der Waals surface area contributed by atoms with Crippen molar-refractivity contribution in [3.8, 4) is 11.5 Å². The van der Waals surface area contributed by atoms with Crippen LogP contribution in [-0.4, -0.2) is 29.5 Å². The molecule has 0 aromatic heterocycles. The summed E-state index contributed by atoms with van der Waals surface area (Å²) in [7, 11) is 0. The Hall–Kier alpha value is -2.04. The van der Waals surface area contributed by atoms with Crippen LogP contribution >= 0.6 is 0 Å². The molecular formula is C28H42O4. The van der Waals surface area contributed by atoms with Crippen LogP contribution in [0.15, 0.2) is 36.4 Å². The van der Waals surface area contributed by atoms with Gasteiger partial charge in [-0.3, -0.25) is 0 Å². The zero-order valence-corrected chi connectivity index (χ0v) is 21.0. The van der Waals surface area contributed by atoms with Crippen LogP contribution in [0, 0.1) is 12.3 Å². The van der Waals surface area contributed by atoms with Crippen LogP contribution in [0.5, 0.6) is 11.5 Å². The van der Waals surface area contributed by atoms with Crippen molar-refractivity contribution in [3.63, 3.8) is 0 Å². The average Bonchev–Trinajstić information content (AvgIpc) is 2.77. The molecule has 0 heterocycles. The first kappa shape index (κ1) is 26.2. The zero-order chi connectivity index (χ0) is 23.9. The Labute approximate surface area is 194 Å². The summed E-state index contributed by atoms with van der Waals surface area (Å²) < 4.78 is 11.8. The van der Waals surface area contributed by atoms with Gasteiger partial charge >= 0.3 is 0 Å². The molecule has 0 amide bonds. The van der Waals surface area contributed by atoms with E-state index in [0.29, 0.717) is 6.61 Å². The minimum Gasteiger partial charge on any atom is -0.493 e. The highest BCUT2D eigenvalue weighted by Gasteiger charge is 2.32. The molecule has 178 valence electrons. The number of hydrogen-bond acceptors (Lipinski definition) is 4. The Kier molecular flexibility index (Phi) is 9.18. The van der Waals surface area contributed by atoms with Gasteiger partial charge in [-0.05, 0) is 66.5 Å². The topological polar surface area (TPSA) is 58.9 Å². The maximum Gasteiger partial charge on any atom is 0.124 e. The van der Waals surface area contributed by atoms with Gasteiger partial charge < -0.3 is 19.7 Å². The summed E-state index contributed by atoms with van der Waals surface area (Å²) >= 11 is 0. The standard InChI is InChI=1S/C28H42O4/c1-8-15-31-25-14-12-23(17-21(25)18-29)28(9-2,10-3)22-11-13-24(20(4)16-22)32-19-26(30)27(5,6)7/h11-14,16-17,26,29-30H,8-10,15,18-19H2,1-7H3. The fourth-order valence-electron chi connectivity index (χ4n) is 4.11. The van der Waals surface area contributed by atoms with Crippen molar-refractivity contribution >= 4 is 0 Å². The molecule has 0 aliphatic heterocycles. The molecule has 1 unspecified atom stereocenters. The van der Waals surface area contributed by atoms with Crippen molar-refractivity contribution in [2.45, 2.75) is 85.9 Å². The Morgan fingerprint density at radius 2 is 1.47 bits per heavy atom. The molecule has 0 aliphatic carbocycles. The molecule has 1 atom stereocenters. The van der Waals surface area contributed by atoms with E-state index in [0.717, 1.165) is 41.9 Å². The van der Waals surface area contributed by atoms with Crippen LogP contribution < -0.4 is 9.47 Å². The molecule has 0 saturated carbocycles. The lowest BCUT2D eigenvalue weighted by Crippen LogP contribution is -2.32. The zero-order valence-electron chi connectivity index (χ0n) is 21.0. The van der Waals surface area contributed by atoms with Gasteiger partial charge in [-0.15, -0.1) is 0 Å². The summed E-state index contributed by atoms with van der Waals surface area (Å²) in [4.78, 5) is 0. The molecule has 2 rings (SSSR count). The van der Waals surface area contributed by atoms with Crippen LogP contribution in [-0.2, 0) is 12.0 Å². The van der Waals surface area contributed by atoms with Crippen LogP contribution in [0.25, 0.3) is 0 Å². The summed E-state index contributed by atoms with van der Waals surface area (Å²) in [6.07, 6.45) is 2.27. The highest BCUT2D eigenvalue weighted by Crippen LogP contribution is 2.41. The molecular weight excluding hydrogens is 400 g/mol. The molecule has 2 aromatic rings. The molecule has 0 spiro atoms. The second-order valence-corrected chi connectivity index (χ2v) is 9.79. The van der Waals surface area contributed by atoms with Crippen LogP contribution in [0.4, 0.5) is 0 Å². The third-order valence-corrected chi connectivity index (χ3v) is 6.58. The number of hydrogen-bond donors (Lipinski definition) is 2. The Bertz CT molecular complexity index is 862. The smallest absolute Gasteiger partial charge is 0.124 e. The molecule has 0 radical (unpaired) electrons. The molecule has 0 aliphatic rings. The van der Waals surface area contributed by atoms with E-state index >= 15 is 0 Å². The highest BCUT2D eigenvalue weighted by atomic mass is 16.5. The number of aryl methyl sites for hydroxylation is 1. The number of aliphatic hydroxyl groups is 2. The predicted molar refractivity (Wildman–Crippen MR) is 132 cm³/mol. The van der Waals surface area contributed by atoms with Gasteiger partial charge in [0.05, 0.1) is 19.3 Å². The van der Waals surface area contributed by atoms with E-state index in [1.54, 1.807) is 0 Å². The largest absolute Gasteiger partial charge is 0.493 e. The molecule has 0 saturated heterocycles. The first-order chi connectivity index (χ1) is 15.1. The molecule has 32 heavy (non-hydrogen) atoms. The van der Waals surface area contributed by atoms with Crippen LogP contribution in [0.1, 0.15) is 83.1 Å². The summed E-state index contributed by atoms with van der Waals surface area (Å²) in [5.74, 6) is 1.56. The Morgan fingerprint density at radius 1 is 0.875 bits per heavy atom. The van der Waals surface area contributed by atoms with E-state index in [-0.39, 0.29) is 24.0 Å². The molecule has 2 aromatic carbocycles. The first-order valence-electron chi connectivity index (χ1n) is 11.9.